The van der Waals surface area contributed by atoms with Crippen molar-refractivity contribution in [3.05, 3.63) is 59.4 Å². The minimum atomic E-state index is -0.546. The third-order valence-corrected chi connectivity index (χ3v) is 2.78. The second-order valence-corrected chi connectivity index (χ2v) is 4.24. The van der Waals surface area contributed by atoms with Crippen LogP contribution in [-0.4, -0.2) is 23.9 Å². The Morgan fingerprint density at radius 2 is 1.94 bits per heavy atom. The lowest BCUT2D eigenvalue weighted by Crippen LogP contribution is -2.32. The predicted octanol–water partition coefficient (Wildman–Crippen LogP) is 3.40. The average Bonchev–Trinajstić information content (AvgIpc) is 2.31. The number of rotatable bonds is 5. The summed E-state index contributed by atoms with van der Waals surface area (Å²) in [6.45, 7) is 7.85. The predicted molar refractivity (Wildman–Crippen MR) is 70.4 cm³/mol. The number of benzene rings is 1. The van der Waals surface area contributed by atoms with E-state index in [-0.39, 0.29) is 15.9 Å². The van der Waals surface area contributed by atoms with E-state index in [2.05, 4.69) is 29.1 Å². The van der Waals surface area contributed by atoms with Crippen molar-refractivity contribution >= 4 is 21.8 Å². The first-order chi connectivity index (χ1) is 8.11. The zero-order valence-electron chi connectivity index (χ0n) is 9.33. The van der Waals surface area contributed by atoms with E-state index in [1.54, 1.807) is 24.3 Å². The van der Waals surface area contributed by atoms with Crippen LogP contribution in [0.3, 0.4) is 0 Å². The van der Waals surface area contributed by atoms with Crippen molar-refractivity contribution in [3.8, 4) is 0 Å². The summed E-state index contributed by atoms with van der Waals surface area (Å²) >= 11 is 3.06. The van der Waals surface area contributed by atoms with Gasteiger partial charge in [-0.2, -0.15) is 0 Å². The molecule has 0 aliphatic rings. The topological polar surface area (TPSA) is 20.3 Å². The molecule has 0 saturated heterocycles. The lowest BCUT2D eigenvalue weighted by atomic mass is 10.2. The summed E-state index contributed by atoms with van der Waals surface area (Å²) in [5.41, 5.74) is 0.0445. The van der Waals surface area contributed by atoms with Crippen LogP contribution < -0.4 is 0 Å². The molecule has 0 aromatic heterocycles. The molecule has 1 aromatic carbocycles. The number of amides is 1. The van der Waals surface area contributed by atoms with E-state index in [4.69, 9.17) is 0 Å². The molecule has 1 aromatic rings. The van der Waals surface area contributed by atoms with Gasteiger partial charge in [-0.05, 0) is 28.1 Å². The van der Waals surface area contributed by atoms with Crippen LogP contribution in [-0.2, 0) is 0 Å². The molecule has 0 N–H and O–H groups in total. The van der Waals surface area contributed by atoms with E-state index in [9.17, 15) is 9.18 Å². The Hall–Kier alpha value is -1.42. The molecule has 17 heavy (non-hydrogen) atoms. The monoisotopic (exact) mass is 297 g/mol. The molecular weight excluding hydrogens is 285 g/mol. The van der Waals surface area contributed by atoms with Crippen LogP contribution >= 0.6 is 15.9 Å². The number of hydrogen-bond donors (Lipinski definition) is 0. The van der Waals surface area contributed by atoms with Crippen LogP contribution in [0.5, 0.6) is 0 Å². The number of nitrogens with zero attached hydrogens (tertiary/aromatic N) is 1. The van der Waals surface area contributed by atoms with Crippen molar-refractivity contribution in [1.29, 1.82) is 0 Å². The molecule has 0 aliphatic heterocycles. The van der Waals surface area contributed by atoms with Gasteiger partial charge >= 0.3 is 0 Å². The molecule has 0 bridgehead atoms. The van der Waals surface area contributed by atoms with E-state index >= 15 is 0 Å². The fourth-order valence-electron chi connectivity index (χ4n) is 1.39. The SMILES string of the molecule is C=CCN(CC=C)C(=O)c1cccc(Br)c1F. The first kappa shape index (κ1) is 13.6. The van der Waals surface area contributed by atoms with Crippen LogP contribution in [0.4, 0.5) is 4.39 Å². The van der Waals surface area contributed by atoms with Crippen molar-refractivity contribution < 1.29 is 9.18 Å². The Balaban J connectivity index is 3.04. The Bertz CT molecular complexity index is 435. The van der Waals surface area contributed by atoms with Crippen LogP contribution in [0, 0.1) is 5.82 Å². The van der Waals surface area contributed by atoms with Crippen LogP contribution in [0.1, 0.15) is 10.4 Å². The van der Waals surface area contributed by atoms with Crippen LogP contribution in [0.2, 0.25) is 0 Å². The smallest absolute Gasteiger partial charge is 0.257 e. The number of carbonyl (C=O) groups excluding carboxylic acids is 1. The van der Waals surface area contributed by atoms with Gasteiger partial charge in [0.25, 0.3) is 5.91 Å². The van der Waals surface area contributed by atoms with Gasteiger partial charge in [0.15, 0.2) is 0 Å². The Labute approximate surface area is 109 Å². The fourth-order valence-corrected chi connectivity index (χ4v) is 1.76. The standard InChI is InChI=1S/C13H13BrFNO/c1-3-8-16(9-4-2)13(17)10-6-5-7-11(14)12(10)15/h3-7H,1-2,8-9H2. The lowest BCUT2D eigenvalue weighted by molar-refractivity contribution is 0.0786. The molecule has 4 heteroatoms. The third-order valence-electron chi connectivity index (χ3n) is 2.17. The summed E-state index contributed by atoms with van der Waals surface area (Å²) in [6, 6.07) is 4.64. The Morgan fingerprint density at radius 3 is 2.47 bits per heavy atom. The van der Waals surface area contributed by atoms with E-state index < -0.39 is 5.82 Å². The van der Waals surface area contributed by atoms with Crippen molar-refractivity contribution in [2.24, 2.45) is 0 Å². The molecule has 0 saturated carbocycles. The zero-order chi connectivity index (χ0) is 12.8. The second kappa shape index (κ2) is 6.35. The molecule has 0 atom stereocenters. The van der Waals surface area contributed by atoms with Crippen molar-refractivity contribution in [3.63, 3.8) is 0 Å². The van der Waals surface area contributed by atoms with Gasteiger partial charge in [-0.15, -0.1) is 13.2 Å². The highest BCUT2D eigenvalue weighted by Gasteiger charge is 2.18. The molecule has 0 heterocycles. The van der Waals surface area contributed by atoms with Gasteiger partial charge in [0, 0.05) is 13.1 Å². The zero-order valence-corrected chi connectivity index (χ0v) is 10.9. The summed E-state index contributed by atoms with van der Waals surface area (Å²) < 4.78 is 14.0. The molecule has 0 radical (unpaired) electrons. The number of carbonyl (C=O) groups is 1. The normalized spacial score (nSPS) is 9.76. The van der Waals surface area contributed by atoms with Crippen molar-refractivity contribution in [1.82, 2.24) is 4.90 Å². The molecule has 90 valence electrons. The number of hydrogen-bond acceptors (Lipinski definition) is 1. The highest BCUT2D eigenvalue weighted by molar-refractivity contribution is 9.10. The maximum absolute atomic E-state index is 13.7. The van der Waals surface area contributed by atoms with Crippen molar-refractivity contribution in [2.45, 2.75) is 0 Å². The van der Waals surface area contributed by atoms with Crippen LogP contribution in [0.15, 0.2) is 48.0 Å². The molecule has 0 spiro atoms. The molecular formula is C13H13BrFNO. The van der Waals surface area contributed by atoms with Gasteiger partial charge in [-0.25, -0.2) is 4.39 Å². The van der Waals surface area contributed by atoms with Gasteiger partial charge in [-0.1, -0.05) is 18.2 Å². The average molecular weight is 298 g/mol. The molecule has 2 nitrogen and oxygen atoms in total. The summed E-state index contributed by atoms with van der Waals surface area (Å²) in [5, 5.41) is 0. The third kappa shape index (κ3) is 3.27. The van der Waals surface area contributed by atoms with E-state index in [1.165, 1.54) is 11.0 Å². The second-order valence-electron chi connectivity index (χ2n) is 3.39. The lowest BCUT2D eigenvalue weighted by Gasteiger charge is -2.19. The first-order valence-corrected chi connectivity index (χ1v) is 5.86. The molecule has 0 unspecified atom stereocenters. The largest absolute Gasteiger partial charge is 0.331 e. The number of halogens is 2. The van der Waals surface area contributed by atoms with Gasteiger partial charge in [-0.3, -0.25) is 4.79 Å². The Morgan fingerprint density at radius 1 is 1.35 bits per heavy atom. The molecule has 0 aliphatic carbocycles. The first-order valence-electron chi connectivity index (χ1n) is 5.07. The maximum Gasteiger partial charge on any atom is 0.257 e. The van der Waals surface area contributed by atoms with Gasteiger partial charge in [0.1, 0.15) is 5.82 Å². The van der Waals surface area contributed by atoms with E-state index in [0.717, 1.165) is 0 Å². The van der Waals surface area contributed by atoms with Gasteiger partial charge in [0.2, 0.25) is 0 Å². The minimum absolute atomic E-state index is 0.0445. The van der Waals surface area contributed by atoms with Crippen LogP contribution in [0.25, 0.3) is 0 Å². The van der Waals surface area contributed by atoms with Gasteiger partial charge < -0.3 is 4.90 Å². The summed E-state index contributed by atoms with van der Waals surface area (Å²) in [4.78, 5) is 13.5. The van der Waals surface area contributed by atoms with E-state index in [1.807, 2.05) is 0 Å². The van der Waals surface area contributed by atoms with Gasteiger partial charge in [0.05, 0.1) is 10.0 Å². The minimum Gasteiger partial charge on any atom is -0.331 e. The summed E-state index contributed by atoms with van der Waals surface area (Å²) in [6.07, 6.45) is 3.19. The Kier molecular flexibility index (Phi) is 5.10. The summed E-state index contributed by atoms with van der Waals surface area (Å²) in [5.74, 6) is -0.917. The quantitative estimate of drug-likeness (QED) is 0.763. The molecule has 1 rings (SSSR count). The highest BCUT2D eigenvalue weighted by atomic mass is 79.9. The van der Waals surface area contributed by atoms with E-state index in [0.29, 0.717) is 13.1 Å². The fraction of sp³-hybridized carbons (Fsp3) is 0.154. The summed E-state index contributed by atoms with van der Waals surface area (Å²) in [7, 11) is 0. The molecule has 1 amide bonds. The van der Waals surface area contributed by atoms with Crippen molar-refractivity contribution in [2.75, 3.05) is 13.1 Å². The molecule has 0 fully saturated rings. The maximum atomic E-state index is 13.7. The highest BCUT2D eigenvalue weighted by Crippen LogP contribution is 2.19.